The van der Waals surface area contributed by atoms with Crippen LogP contribution in [-0.4, -0.2) is 43.5 Å². The molecular weight excluding hydrogens is 359 g/mol. The molecule has 0 atom stereocenters. The van der Waals surface area contributed by atoms with Crippen LogP contribution >= 0.6 is 0 Å². The van der Waals surface area contributed by atoms with Crippen molar-refractivity contribution in [3.8, 4) is 5.75 Å². The van der Waals surface area contributed by atoms with Crippen LogP contribution in [0.15, 0.2) is 53.5 Å². The summed E-state index contributed by atoms with van der Waals surface area (Å²) in [6.45, 7) is 5.71. The highest BCUT2D eigenvalue weighted by molar-refractivity contribution is 5.88. The minimum Gasteiger partial charge on any atom is -0.492 e. The Labute approximate surface area is 165 Å². The van der Waals surface area contributed by atoms with E-state index in [-0.39, 0.29) is 11.7 Å². The molecular formula is C21H27FN4O2. The molecule has 0 aromatic heterocycles. The summed E-state index contributed by atoms with van der Waals surface area (Å²) >= 11 is 0. The average molecular weight is 386 g/mol. The van der Waals surface area contributed by atoms with Gasteiger partial charge in [0.15, 0.2) is 5.96 Å². The van der Waals surface area contributed by atoms with Crippen LogP contribution in [-0.2, 0) is 11.3 Å². The summed E-state index contributed by atoms with van der Waals surface area (Å²) in [7, 11) is 1.93. The number of carbonyl (C=O) groups excluding carboxylic acids is 1. The van der Waals surface area contributed by atoms with Gasteiger partial charge in [0, 0.05) is 38.8 Å². The number of carbonyl (C=O) groups is 1. The summed E-state index contributed by atoms with van der Waals surface area (Å²) in [4.78, 5) is 17.7. The molecule has 0 aliphatic rings. The molecule has 0 heterocycles. The topological polar surface area (TPSA) is 66.0 Å². The lowest BCUT2D eigenvalue weighted by atomic mass is 10.2. The molecule has 0 saturated heterocycles. The molecule has 0 spiro atoms. The van der Waals surface area contributed by atoms with Gasteiger partial charge in [-0.15, -0.1) is 0 Å². The number of halogens is 1. The quantitative estimate of drug-likeness (QED) is 0.415. The van der Waals surface area contributed by atoms with Crippen LogP contribution < -0.4 is 15.4 Å². The van der Waals surface area contributed by atoms with Gasteiger partial charge in [-0.05, 0) is 36.8 Å². The largest absolute Gasteiger partial charge is 0.492 e. The highest BCUT2D eigenvalue weighted by Gasteiger charge is 2.07. The monoisotopic (exact) mass is 386 g/mol. The Hall–Kier alpha value is -3.09. The van der Waals surface area contributed by atoms with Crippen molar-refractivity contribution >= 4 is 17.6 Å². The minimum absolute atomic E-state index is 0.124. The van der Waals surface area contributed by atoms with E-state index >= 15 is 0 Å². The number of aliphatic imine (C=N–C) groups is 1. The number of rotatable bonds is 8. The molecule has 150 valence electrons. The SMILES string of the molecule is CCNC(=NCCOc1cccc(NC(C)=O)c1)N(C)Cc1ccc(F)cc1. The first-order chi connectivity index (χ1) is 13.5. The smallest absolute Gasteiger partial charge is 0.221 e. The Morgan fingerprint density at radius 1 is 1.21 bits per heavy atom. The summed E-state index contributed by atoms with van der Waals surface area (Å²) < 4.78 is 18.8. The summed E-state index contributed by atoms with van der Waals surface area (Å²) in [5.74, 6) is 1.06. The third-order valence-electron chi connectivity index (χ3n) is 3.81. The second-order valence-corrected chi connectivity index (χ2v) is 6.28. The van der Waals surface area contributed by atoms with Crippen LogP contribution in [0.5, 0.6) is 5.75 Å². The van der Waals surface area contributed by atoms with Gasteiger partial charge in [0.25, 0.3) is 0 Å². The van der Waals surface area contributed by atoms with E-state index in [2.05, 4.69) is 15.6 Å². The number of guanidine groups is 1. The zero-order valence-corrected chi connectivity index (χ0v) is 16.5. The molecule has 0 aliphatic carbocycles. The van der Waals surface area contributed by atoms with Gasteiger partial charge in [-0.25, -0.2) is 9.38 Å². The Bertz CT molecular complexity index is 793. The van der Waals surface area contributed by atoms with E-state index in [0.717, 1.165) is 18.1 Å². The molecule has 6 nitrogen and oxygen atoms in total. The van der Waals surface area contributed by atoms with Crippen molar-refractivity contribution < 1.29 is 13.9 Å². The van der Waals surface area contributed by atoms with E-state index in [1.165, 1.54) is 19.1 Å². The van der Waals surface area contributed by atoms with Crippen molar-refractivity contribution in [2.75, 3.05) is 32.1 Å². The molecule has 2 aromatic carbocycles. The number of amides is 1. The Morgan fingerprint density at radius 2 is 1.96 bits per heavy atom. The van der Waals surface area contributed by atoms with E-state index in [1.807, 2.05) is 31.0 Å². The Kier molecular flexibility index (Phi) is 8.27. The lowest BCUT2D eigenvalue weighted by Gasteiger charge is -2.22. The molecule has 0 saturated carbocycles. The minimum atomic E-state index is -0.244. The molecule has 28 heavy (non-hydrogen) atoms. The Morgan fingerprint density at radius 3 is 2.64 bits per heavy atom. The van der Waals surface area contributed by atoms with Crippen molar-refractivity contribution in [1.29, 1.82) is 0 Å². The van der Waals surface area contributed by atoms with Gasteiger partial charge in [0.1, 0.15) is 18.2 Å². The van der Waals surface area contributed by atoms with E-state index in [1.54, 1.807) is 24.3 Å². The second-order valence-electron chi connectivity index (χ2n) is 6.28. The van der Waals surface area contributed by atoms with Crippen LogP contribution in [0.4, 0.5) is 10.1 Å². The number of benzene rings is 2. The van der Waals surface area contributed by atoms with Crippen LogP contribution in [0, 0.1) is 5.82 Å². The first-order valence-corrected chi connectivity index (χ1v) is 9.22. The first kappa shape index (κ1) is 21.2. The van der Waals surface area contributed by atoms with Crippen molar-refractivity contribution in [1.82, 2.24) is 10.2 Å². The fourth-order valence-electron chi connectivity index (χ4n) is 2.59. The fraction of sp³-hybridized carbons (Fsp3) is 0.333. The molecule has 2 N–H and O–H groups in total. The summed E-state index contributed by atoms with van der Waals surface area (Å²) in [5.41, 5.74) is 1.70. The zero-order chi connectivity index (χ0) is 20.4. The van der Waals surface area contributed by atoms with E-state index in [9.17, 15) is 9.18 Å². The highest BCUT2D eigenvalue weighted by Crippen LogP contribution is 2.17. The number of nitrogens with one attached hydrogen (secondary N) is 2. The third kappa shape index (κ3) is 7.26. The van der Waals surface area contributed by atoms with Crippen molar-refractivity contribution in [2.24, 2.45) is 4.99 Å². The van der Waals surface area contributed by atoms with Crippen LogP contribution in [0.1, 0.15) is 19.4 Å². The van der Waals surface area contributed by atoms with Crippen molar-refractivity contribution in [3.05, 3.63) is 59.9 Å². The van der Waals surface area contributed by atoms with Crippen LogP contribution in [0.2, 0.25) is 0 Å². The van der Waals surface area contributed by atoms with Crippen molar-refractivity contribution in [2.45, 2.75) is 20.4 Å². The van der Waals surface area contributed by atoms with Gasteiger partial charge in [-0.1, -0.05) is 18.2 Å². The van der Waals surface area contributed by atoms with E-state index in [4.69, 9.17) is 4.74 Å². The number of hydrogen-bond donors (Lipinski definition) is 2. The average Bonchev–Trinajstić information content (AvgIpc) is 2.66. The normalized spacial score (nSPS) is 11.1. The summed E-state index contributed by atoms with van der Waals surface area (Å²) in [6, 6.07) is 13.7. The van der Waals surface area contributed by atoms with Crippen molar-refractivity contribution in [3.63, 3.8) is 0 Å². The molecule has 0 fully saturated rings. The molecule has 1 amide bonds. The Balaban J connectivity index is 1.89. The van der Waals surface area contributed by atoms with Gasteiger partial charge in [-0.3, -0.25) is 4.79 Å². The van der Waals surface area contributed by atoms with E-state index < -0.39 is 0 Å². The predicted molar refractivity (Wildman–Crippen MR) is 110 cm³/mol. The highest BCUT2D eigenvalue weighted by atomic mass is 19.1. The number of anilines is 1. The van der Waals surface area contributed by atoms with Crippen LogP contribution in [0.3, 0.4) is 0 Å². The zero-order valence-electron chi connectivity index (χ0n) is 16.5. The summed E-state index contributed by atoms with van der Waals surface area (Å²) in [6.07, 6.45) is 0. The molecule has 0 bridgehead atoms. The number of nitrogens with zero attached hydrogens (tertiary/aromatic N) is 2. The van der Waals surface area contributed by atoms with E-state index in [0.29, 0.717) is 31.1 Å². The summed E-state index contributed by atoms with van der Waals surface area (Å²) in [5, 5.41) is 5.97. The number of ether oxygens (including phenoxy) is 1. The van der Waals surface area contributed by atoms with Gasteiger partial charge >= 0.3 is 0 Å². The maximum atomic E-state index is 13.1. The molecule has 0 radical (unpaired) electrons. The molecule has 0 unspecified atom stereocenters. The molecule has 2 aromatic rings. The number of hydrogen-bond acceptors (Lipinski definition) is 3. The first-order valence-electron chi connectivity index (χ1n) is 9.22. The maximum absolute atomic E-state index is 13.1. The lowest BCUT2D eigenvalue weighted by Crippen LogP contribution is -2.38. The lowest BCUT2D eigenvalue weighted by molar-refractivity contribution is -0.114. The predicted octanol–water partition coefficient (Wildman–Crippen LogP) is 3.26. The fourth-order valence-corrected chi connectivity index (χ4v) is 2.59. The van der Waals surface area contributed by atoms with Crippen LogP contribution in [0.25, 0.3) is 0 Å². The van der Waals surface area contributed by atoms with Gasteiger partial charge in [0.05, 0.1) is 6.54 Å². The molecule has 2 rings (SSSR count). The molecule has 7 heteroatoms. The molecule has 0 aliphatic heterocycles. The third-order valence-corrected chi connectivity index (χ3v) is 3.81. The van der Waals surface area contributed by atoms with Gasteiger partial charge in [-0.2, -0.15) is 0 Å². The standard InChI is InChI=1S/C21H27FN4O2/c1-4-23-21(26(3)15-17-8-10-18(22)11-9-17)24-12-13-28-20-7-5-6-19(14-20)25-16(2)27/h5-11,14H,4,12-13,15H2,1-3H3,(H,23,24)(H,25,27). The maximum Gasteiger partial charge on any atom is 0.221 e. The second kappa shape index (κ2) is 10.9. The van der Waals surface area contributed by atoms with Gasteiger partial charge < -0.3 is 20.3 Å². The van der Waals surface area contributed by atoms with Gasteiger partial charge in [0.2, 0.25) is 5.91 Å².